The first kappa shape index (κ1) is 16.7. The Bertz CT molecular complexity index is 695. The van der Waals surface area contributed by atoms with Crippen LogP contribution in [0.25, 0.3) is 0 Å². The lowest BCUT2D eigenvalue weighted by atomic mass is 10.2. The van der Waals surface area contributed by atoms with Crippen molar-refractivity contribution in [3.63, 3.8) is 0 Å². The number of thiophene rings is 1. The fourth-order valence-electron chi connectivity index (χ4n) is 2.79. The molecule has 0 unspecified atom stereocenters. The van der Waals surface area contributed by atoms with Gasteiger partial charge in [0.15, 0.2) is 5.96 Å². The van der Waals surface area contributed by atoms with E-state index in [9.17, 15) is 8.78 Å². The first-order chi connectivity index (χ1) is 11.7. The summed E-state index contributed by atoms with van der Waals surface area (Å²) in [5, 5.41) is 7.50. The van der Waals surface area contributed by atoms with Gasteiger partial charge in [-0.05, 0) is 34.5 Å². The van der Waals surface area contributed by atoms with E-state index in [0.717, 1.165) is 18.6 Å². The van der Waals surface area contributed by atoms with Gasteiger partial charge in [0, 0.05) is 45.8 Å². The highest BCUT2D eigenvalue weighted by Crippen LogP contribution is 2.22. The summed E-state index contributed by atoms with van der Waals surface area (Å²) >= 11 is 1.67. The number of benzene rings is 1. The van der Waals surface area contributed by atoms with Crippen LogP contribution in [0.4, 0.5) is 14.5 Å². The van der Waals surface area contributed by atoms with E-state index < -0.39 is 5.82 Å². The SMILES string of the molecule is CN=C(NCc1ccsc1)N1CCN(c2cc(F)ccc2F)CC1. The monoisotopic (exact) mass is 350 g/mol. The number of halogens is 2. The van der Waals surface area contributed by atoms with Gasteiger partial charge >= 0.3 is 0 Å². The van der Waals surface area contributed by atoms with Crippen molar-refractivity contribution in [2.24, 2.45) is 4.99 Å². The zero-order valence-corrected chi connectivity index (χ0v) is 14.3. The number of rotatable bonds is 3. The number of aliphatic imine (C=N–C) groups is 1. The average molecular weight is 350 g/mol. The summed E-state index contributed by atoms with van der Waals surface area (Å²) in [6.07, 6.45) is 0. The van der Waals surface area contributed by atoms with Crippen LogP contribution < -0.4 is 10.2 Å². The maximum Gasteiger partial charge on any atom is 0.194 e. The van der Waals surface area contributed by atoms with E-state index in [-0.39, 0.29) is 5.82 Å². The van der Waals surface area contributed by atoms with E-state index in [1.54, 1.807) is 18.4 Å². The molecule has 3 rings (SSSR count). The van der Waals surface area contributed by atoms with Gasteiger partial charge in [0.25, 0.3) is 0 Å². The highest BCUT2D eigenvalue weighted by atomic mass is 32.1. The van der Waals surface area contributed by atoms with E-state index in [1.165, 1.54) is 17.7 Å². The Labute approximate surface area is 144 Å². The Morgan fingerprint density at radius 3 is 2.67 bits per heavy atom. The molecule has 1 fully saturated rings. The Kier molecular flexibility index (Phi) is 5.30. The fourth-order valence-corrected chi connectivity index (χ4v) is 3.46. The van der Waals surface area contributed by atoms with Crippen LogP contribution in [0.5, 0.6) is 0 Å². The molecule has 0 spiro atoms. The van der Waals surface area contributed by atoms with Crippen molar-refractivity contribution in [1.82, 2.24) is 10.2 Å². The van der Waals surface area contributed by atoms with Gasteiger partial charge in [0.1, 0.15) is 11.6 Å². The molecular weight excluding hydrogens is 330 g/mol. The molecular formula is C17H20F2N4S. The minimum Gasteiger partial charge on any atom is -0.366 e. The van der Waals surface area contributed by atoms with E-state index in [4.69, 9.17) is 0 Å². The van der Waals surface area contributed by atoms with Crippen LogP contribution in [0.1, 0.15) is 5.56 Å². The topological polar surface area (TPSA) is 30.9 Å². The molecule has 1 N–H and O–H groups in total. The van der Waals surface area contributed by atoms with Crippen LogP contribution >= 0.6 is 11.3 Å². The molecule has 0 saturated carbocycles. The second-order valence-electron chi connectivity index (χ2n) is 5.60. The van der Waals surface area contributed by atoms with Crippen LogP contribution in [0, 0.1) is 11.6 Å². The molecule has 0 atom stereocenters. The maximum absolute atomic E-state index is 13.9. The normalized spacial score (nSPS) is 15.7. The first-order valence-electron chi connectivity index (χ1n) is 7.84. The summed E-state index contributed by atoms with van der Waals surface area (Å²) in [7, 11) is 1.76. The number of hydrogen-bond acceptors (Lipinski definition) is 3. The average Bonchev–Trinajstić information content (AvgIpc) is 3.12. The highest BCUT2D eigenvalue weighted by molar-refractivity contribution is 7.07. The summed E-state index contributed by atoms with van der Waals surface area (Å²) in [6.45, 7) is 3.40. The molecule has 0 radical (unpaired) electrons. The van der Waals surface area contributed by atoms with E-state index >= 15 is 0 Å². The number of hydrogen-bond donors (Lipinski definition) is 1. The Morgan fingerprint density at radius 1 is 1.21 bits per heavy atom. The second-order valence-corrected chi connectivity index (χ2v) is 6.38. The van der Waals surface area contributed by atoms with Crippen LogP contribution in [-0.4, -0.2) is 44.1 Å². The van der Waals surface area contributed by atoms with Crippen LogP contribution in [0.15, 0.2) is 40.0 Å². The number of guanidine groups is 1. The summed E-state index contributed by atoms with van der Waals surface area (Å²) in [4.78, 5) is 8.34. The van der Waals surface area contributed by atoms with Crippen molar-refractivity contribution in [1.29, 1.82) is 0 Å². The van der Waals surface area contributed by atoms with Crippen molar-refractivity contribution >= 4 is 23.0 Å². The van der Waals surface area contributed by atoms with Gasteiger partial charge in [0.2, 0.25) is 0 Å². The summed E-state index contributed by atoms with van der Waals surface area (Å²) in [6, 6.07) is 5.66. The Balaban J connectivity index is 1.58. The smallest absolute Gasteiger partial charge is 0.194 e. The van der Waals surface area contributed by atoms with Crippen molar-refractivity contribution in [2.75, 3.05) is 38.1 Å². The molecule has 1 aliphatic heterocycles. The molecule has 1 saturated heterocycles. The zero-order chi connectivity index (χ0) is 16.9. The molecule has 4 nitrogen and oxygen atoms in total. The lowest BCUT2D eigenvalue weighted by molar-refractivity contribution is 0.370. The number of nitrogens with one attached hydrogen (secondary N) is 1. The first-order valence-corrected chi connectivity index (χ1v) is 8.78. The van der Waals surface area contributed by atoms with Crippen LogP contribution in [0.2, 0.25) is 0 Å². The highest BCUT2D eigenvalue weighted by Gasteiger charge is 2.21. The molecule has 1 aromatic carbocycles. The quantitative estimate of drug-likeness (QED) is 0.682. The Hall–Kier alpha value is -2.15. The molecule has 0 amide bonds. The summed E-state index contributed by atoms with van der Waals surface area (Å²) in [5.41, 5.74) is 1.55. The molecule has 24 heavy (non-hydrogen) atoms. The van der Waals surface area contributed by atoms with Gasteiger partial charge < -0.3 is 15.1 Å². The predicted octanol–water partition coefficient (Wildman–Crippen LogP) is 2.92. The summed E-state index contributed by atoms with van der Waals surface area (Å²) < 4.78 is 27.3. The molecule has 1 aromatic heterocycles. The lowest BCUT2D eigenvalue weighted by Crippen LogP contribution is -2.52. The minimum atomic E-state index is -0.415. The second kappa shape index (κ2) is 7.61. The van der Waals surface area contributed by atoms with Gasteiger partial charge in [-0.3, -0.25) is 4.99 Å². The van der Waals surface area contributed by atoms with E-state index in [0.29, 0.717) is 31.9 Å². The third-order valence-corrected chi connectivity index (χ3v) is 4.80. The Morgan fingerprint density at radius 2 is 2.00 bits per heavy atom. The van der Waals surface area contributed by atoms with Gasteiger partial charge in [-0.25, -0.2) is 8.78 Å². The van der Waals surface area contributed by atoms with E-state index in [1.807, 2.05) is 10.3 Å². The zero-order valence-electron chi connectivity index (χ0n) is 13.5. The van der Waals surface area contributed by atoms with Crippen molar-refractivity contribution in [2.45, 2.75) is 6.54 Å². The third-order valence-electron chi connectivity index (χ3n) is 4.07. The predicted molar refractivity (Wildman–Crippen MR) is 94.7 cm³/mol. The summed E-state index contributed by atoms with van der Waals surface area (Å²) in [5.74, 6) is 0.0347. The molecule has 2 aromatic rings. The molecule has 0 bridgehead atoms. The van der Waals surface area contributed by atoms with Gasteiger partial charge in [-0.1, -0.05) is 0 Å². The maximum atomic E-state index is 13.9. The van der Waals surface area contributed by atoms with Gasteiger partial charge in [0.05, 0.1) is 5.69 Å². The van der Waals surface area contributed by atoms with Crippen molar-refractivity contribution in [3.8, 4) is 0 Å². The van der Waals surface area contributed by atoms with Crippen LogP contribution in [-0.2, 0) is 6.54 Å². The number of piperazine rings is 1. The number of anilines is 1. The minimum absolute atomic E-state index is 0.330. The van der Waals surface area contributed by atoms with Crippen LogP contribution in [0.3, 0.4) is 0 Å². The fraction of sp³-hybridized carbons (Fsp3) is 0.353. The standard InChI is InChI=1S/C17H20F2N4S/c1-20-17(21-11-13-4-9-24-12-13)23-7-5-22(6-8-23)16-10-14(18)2-3-15(16)19/h2-4,9-10,12H,5-8,11H2,1H3,(H,20,21). The largest absolute Gasteiger partial charge is 0.366 e. The van der Waals surface area contributed by atoms with Crippen molar-refractivity contribution in [3.05, 3.63) is 52.2 Å². The molecule has 0 aliphatic carbocycles. The van der Waals surface area contributed by atoms with Gasteiger partial charge in [-0.2, -0.15) is 11.3 Å². The molecule has 7 heteroatoms. The lowest BCUT2D eigenvalue weighted by Gasteiger charge is -2.37. The van der Waals surface area contributed by atoms with Crippen molar-refractivity contribution < 1.29 is 8.78 Å². The third kappa shape index (κ3) is 3.84. The molecule has 1 aliphatic rings. The number of nitrogens with zero attached hydrogens (tertiary/aromatic N) is 3. The molecule has 128 valence electrons. The molecule has 2 heterocycles. The van der Waals surface area contributed by atoms with Gasteiger partial charge in [-0.15, -0.1) is 0 Å². The van der Waals surface area contributed by atoms with E-state index in [2.05, 4.69) is 26.7 Å².